The van der Waals surface area contributed by atoms with Crippen LogP contribution in [0.25, 0.3) is 0 Å². The van der Waals surface area contributed by atoms with Gasteiger partial charge < -0.3 is 16.0 Å². The second kappa shape index (κ2) is 5.83. The van der Waals surface area contributed by atoms with E-state index in [0.29, 0.717) is 11.6 Å². The zero-order valence-corrected chi connectivity index (χ0v) is 11.8. The smallest absolute Gasteiger partial charge is 0.250 e. The summed E-state index contributed by atoms with van der Waals surface area (Å²) in [7, 11) is 0. The van der Waals surface area contributed by atoms with E-state index in [0.717, 1.165) is 24.7 Å². The molecule has 0 aliphatic carbocycles. The van der Waals surface area contributed by atoms with Crippen LogP contribution in [0.5, 0.6) is 0 Å². The van der Waals surface area contributed by atoms with Crippen LogP contribution in [-0.4, -0.2) is 31.6 Å². The molecule has 0 aromatic heterocycles. The monoisotopic (exact) mass is 273 g/mol. The SMILES string of the molecule is NC(=O)c1ccccc1N1CCC(C2CCCN2)CC1. The standard InChI is InChI=1S/C16H23N3O/c17-16(20)13-4-1-2-6-15(13)19-10-7-12(8-11-19)14-5-3-9-18-14/h1-2,4,6,12,14,18H,3,5,7-11H2,(H2,17,20). The van der Waals surface area contributed by atoms with E-state index in [1.54, 1.807) is 0 Å². The maximum absolute atomic E-state index is 11.5. The van der Waals surface area contributed by atoms with Gasteiger partial charge in [0.15, 0.2) is 0 Å². The number of rotatable bonds is 3. The van der Waals surface area contributed by atoms with Gasteiger partial charge in [-0.3, -0.25) is 4.79 Å². The normalized spacial score (nSPS) is 24.0. The number of nitrogens with two attached hydrogens (primary N) is 1. The Kier molecular flexibility index (Phi) is 3.92. The van der Waals surface area contributed by atoms with Crippen LogP contribution in [0.1, 0.15) is 36.0 Å². The molecule has 2 aliphatic rings. The molecule has 4 nitrogen and oxygen atoms in total. The summed E-state index contributed by atoms with van der Waals surface area (Å²) >= 11 is 0. The highest BCUT2D eigenvalue weighted by Gasteiger charge is 2.29. The van der Waals surface area contributed by atoms with E-state index in [9.17, 15) is 4.79 Å². The lowest BCUT2D eigenvalue weighted by molar-refractivity contribution is 0.100. The first-order valence-electron chi connectivity index (χ1n) is 7.63. The van der Waals surface area contributed by atoms with Crippen molar-refractivity contribution < 1.29 is 4.79 Å². The largest absolute Gasteiger partial charge is 0.371 e. The first-order chi connectivity index (χ1) is 9.75. The Balaban J connectivity index is 1.67. The van der Waals surface area contributed by atoms with Crippen molar-refractivity contribution in [3.05, 3.63) is 29.8 Å². The molecule has 1 atom stereocenters. The number of nitrogens with zero attached hydrogens (tertiary/aromatic N) is 1. The van der Waals surface area contributed by atoms with E-state index in [2.05, 4.69) is 10.2 Å². The lowest BCUT2D eigenvalue weighted by atomic mass is 9.88. The zero-order chi connectivity index (χ0) is 13.9. The van der Waals surface area contributed by atoms with Crippen molar-refractivity contribution in [2.45, 2.75) is 31.7 Å². The second-order valence-electron chi connectivity index (χ2n) is 5.91. The minimum Gasteiger partial charge on any atom is -0.371 e. The molecule has 0 spiro atoms. The summed E-state index contributed by atoms with van der Waals surface area (Å²) in [5.41, 5.74) is 7.11. The molecule has 20 heavy (non-hydrogen) atoms. The van der Waals surface area contributed by atoms with Gasteiger partial charge in [0, 0.05) is 24.8 Å². The molecule has 2 saturated heterocycles. The molecule has 2 aliphatic heterocycles. The predicted octanol–water partition coefficient (Wildman–Crippen LogP) is 1.75. The third kappa shape index (κ3) is 2.66. The van der Waals surface area contributed by atoms with E-state index in [1.807, 2.05) is 24.3 Å². The molecule has 3 rings (SSSR count). The summed E-state index contributed by atoms with van der Waals surface area (Å²) < 4.78 is 0. The molecule has 3 N–H and O–H groups in total. The van der Waals surface area contributed by atoms with Gasteiger partial charge in [0.25, 0.3) is 5.91 Å². The zero-order valence-electron chi connectivity index (χ0n) is 11.8. The van der Waals surface area contributed by atoms with E-state index in [4.69, 9.17) is 5.73 Å². The number of carbonyl (C=O) groups is 1. The first-order valence-corrected chi connectivity index (χ1v) is 7.63. The van der Waals surface area contributed by atoms with Crippen molar-refractivity contribution >= 4 is 11.6 Å². The maximum atomic E-state index is 11.5. The van der Waals surface area contributed by atoms with Crippen molar-refractivity contribution in [2.75, 3.05) is 24.5 Å². The summed E-state index contributed by atoms with van der Waals surface area (Å²) in [6.45, 7) is 3.22. The van der Waals surface area contributed by atoms with Gasteiger partial charge >= 0.3 is 0 Å². The topological polar surface area (TPSA) is 58.4 Å². The number of carbonyl (C=O) groups excluding carboxylic acids is 1. The third-order valence-electron chi connectivity index (χ3n) is 4.72. The van der Waals surface area contributed by atoms with Crippen LogP contribution in [0.4, 0.5) is 5.69 Å². The van der Waals surface area contributed by atoms with Gasteiger partial charge in [-0.25, -0.2) is 0 Å². The van der Waals surface area contributed by atoms with Gasteiger partial charge in [-0.1, -0.05) is 12.1 Å². The highest BCUT2D eigenvalue weighted by atomic mass is 16.1. The Hall–Kier alpha value is -1.55. The Morgan fingerprint density at radius 1 is 1.20 bits per heavy atom. The lowest BCUT2D eigenvalue weighted by Crippen LogP contribution is -2.41. The average Bonchev–Trinajstić information content (AvgIpc) is 3.02. The summed E-state index contributed by atoms with van der Waals surface area (Å²) in [5, 5.41) is 3.62. The Bertz CT molecular complexity index is 474. The van der Waals surface area contributed by atoms with Gasteiger partial charge in [0.05, 0.1) is 5.56 Å². The maximum Gasteiger partial charge on any atom is 0.250 e. The fourth-order valence-corrected chi connectivity index (χ4v) is 3.61. The molecule has 1 amide bonds. The third-order valence-corrected chi connectivity index (χ3v) is 4.72. The van der Waals surface area contributed by atoms with Gasteiger partial charge in [0.2, 0.25) is 0 Å². The fourth-order valence-electron chi connectivity index (χ4n) is 3.61. The van der Waals surface area contributed by atoms with Crippen LogP contribution in [0.2, 0.25) is 0 Å². The molecule has 108 valence electrons. The molecule has 1 aromatic rings. The summed E-state index contributed by atoms with van der Waals surface area (Å²) in [5.74, 6) is 0.453. The Morgan fingerprint density at radius 3 is 2.60 bits per heavy atom. The Labute approximate surface area is 120 Å². The minimum atomic E-state index is -0.333. The average molecular weight is 273 g/mol. The predicted molar refractivity (Wildman–Crippen MR) is 80.9 cm³/mol. The number of para-hydroxylation sites is 1. The van der Waals surface area contributed by atoms with E-state index >= 15 is 0 Å². The molecule has 1 unspecified atom stereocenters. The van der Waals surface area contributed by atoms with E-state index in [1.165, 1.54) is 32.2 Å². The molecule has 1 aromatic carbocycles. The van der Waals surface area contributed by atoms with Crippen LogP contribution in [-0.2, 0) is 0 Å². The van der Waals surface area contributed by atoms with Crippen LogP contribution >= 0.6 is 0 Å². The van der Waals surface area contributed by atoms with Crippen molar-refractivity contribution in [1.82, 2.24) is 5.32 Å². The number of hydrogen-bond donors (Lipinski definition) is 2. The van der Waals surface area contributed by atoms with Gasteiger partial charge in [-0.05, 0) is 50.3 Å². The summed E-state index contributed by atoms with van der Waals surface area (Å²) in [6.07, 6.45) is 5.04. The summed E-state index contributed by atoms with van der Waals surface area (Å²) in [6, 6.07) is 8.39. The number of benzene rings is 1. The molecule has 0 saturated carbocycles. The number of hydrogen-bond acceptors (Lipinski definition) is 3. The van der Waals surface area contributed by atoms with Crippen LogP contribution in [0, 0.1) is 5.92 Å². The van der Waals surface area contributed by atoms with Gasteiger partial charge in [0.1, 0.15) is 0 Å². The van der Waals surface area contributed by atoms with Gasteiger partial charge in [-0.2, -0.15) is 0 Å². The first kappa shape index (κ1) is 13.4. The number of piperidine rings is 1. The second-order valence-corrected chi connectivity index (χ2v) is 5.91. The lowest BCUT2D eigenvalue weighted by Gasteiger charge is -2.36. The molecule has 2 fully saturated rings. The molecule has 4 heteroatoms. The summed E-state index contributed by atoms with van der Waals surface area (Å²) in [4.78, 5) is 13.8. The number of primary amides is 1. The number of anilines is 1. The van der Waals surface area contributed by atoms with Crippen molar-refractivity contribution in [3.63, 3.8) is 0 Å². The molecule has 2 heterocycles. The van der Waals surface area contributed by atoms with Crippen LogP contribution in [0.3, 0.4) is 0 Å². The highest BCUT2D eigenvalue weighted by molar-refractivity contribution is 5.98. The molecular formula is C16H23N3O. The molecular weight excluding hydrogens is 250 g/mol. The minimum absolute atomic E-state index is 0.333. The van der Waals surface area contributed by atoms with E-state index < -0.39 is 0 Å². The quantitative estimate of drug-likeness (QED) is 0.882. The van der Waals surface area contributed by atoms with Crippen LogP contribution in [0.15, 0.2) is 24.3 Å². The molecule has 0 radical (unpaired) electrons. The Morgan fingerprint density at radius 2 is 1.95 bits per heavy atom. The van der Waals surface area contributed by atoms with E-state index in [-0.39, 0.29) is 5.91 Å². The van der Waals surface area contributed by atoms with Crippen LogP contribution < -0.4 is 16.0 Å². The highest BCUT2D eigenvalue weighted by Crippen LogP contribution is 2.29. The van der Waals surface area contributed by atoms with Gasteiger partial charge in [-0.15, -0.1) is 0 Å². The van der Waals surface area contributed by atoms with Crippen molar-refractivity contribution in [1.29, 1.82) is 0 Å². The van der Waals surface area contributed by atoms with Crippen molar-refractivity contribution in [2.24, 2.45) is 11.7 Å². The number of amides is 1. The number of nitrogens with one attached hydrogen (secondary N) is 1. The van der Waals surface area contributed by atoms with Crippen molar-refractivity contribution in [3.8, 4) is 0 Å². The fraction of sp³-hybridized carbons (Fsp3) is 0.562. The molecule has 0 bridgehead atoms.